The van der Waals surface area contributed by atoms with Crippen molar-refractivity contribution in [2.45, 2.75) is 25.3 Å². The van der Waals surface area contributed by atoms with Gasteiger partial charge in [-0.1, -0.05) is 24.8 Å². The number of rotatable bonds is 3. The predicted octanol–water partition coefficient (Wildman–Crippen LogP) is 2.69. The lowest BCUT2D eigenvalue weighted by Gasteiger charge is -2.23. The SMILES string of the molecule is C=CC(=O)N[C@H]1CCc2c(-c3cnc4ccccc4c3)c3c(N)ncnn3c2C1. The normalized spacial score (nSPS) is 15.9. The van der Waals surface area contributed by atoms with Gasteiger partial charge in [-0.25, -0.2) is 9.50 Å². The number of pyridine rings is 1. The third-order valence-corrected chi connectivity index (χ3v) is 5.55. The fourth-order valence-corrected chi connectivity index (χ4v) is 4.26. The highest BCUT2D eigenvalue weighted by atomic mass is 16.1. The summed E-state index contributed by atoms with van der Waals surface area (Å²) in [5.41, 5.74) is 12.3. The molecule has 1 aliphatic carbocycles. The van der Waals surface area contributed by atoms with Gasteiger partial charge in [0, 0.05) is 40.9 Å². The highest BCUT2D eigenvalue weighted by molar-refractivity contribution is 5.94. The Kier molecular flexibility index (Phi) is 4.01. The van der Waals surface area contributed by atoms with Gasteiger partial charge in [-0.05, 0) is 36.6 Å². The molecule has 0 spiro atoms. The van der Waals surface area contributed by atoms with E-state index in [1.165, 1.54) is 18.0 Å². The lowest BCUT2D eigenvalue weighted by Crippen LogP contribution is -2.38. The van der Waals surface area contributed by atoms with E-state index in [1.807, 2.05) is 28.9 Å². The molecule has 0 fully saturated rings. The zero-order valence-corrected chi connectivity index (χ0v) is 15.8. The second-order valence-electron chi connectivity index (χ2n) is 7.28. The number of nitrogens with zero attached hydrogens (tertiary/aromatic N) is 4. The van der Waals surface area contributed by atoms with Crippen molar-refractivity contribution in [2.24, 2.45) is 0 Å². The molecular weight excluding hydrogens is 364 g/mol. The molecule has 7 nitrogen and oxygen atoms in total. The van der Waals surface area contributed by atoms with E-state index in [-0.39, 0.29) is 11.9 Å². The van der Waals surface area contributed by atoms with Gasteiger partial charge in [0.05, 0.1) is 5.52 Å². The molecule has 0 aliphatic heterocycles. The Labute approximate surface area is 167 Å². The molecule has 1 aliphatic rings. The number of nitrogens with two attached hydrogens (primary N) is 1. The van der Waals surface area contributed by atoms with E-state index < -0.39 is 0 Å². The number of hydrogen-bond acceptors (Lipinski definition) is 5. The Morgan fingerprint density at radius 3 is 3.03 bits per heavy atom. The monoisotopic (exact) mass is 384 g/mol. The first-order valence-electron chi connectivity index (χ1n) is 9.56. The largest absolute Gasteiger partial charge is 0.382 e. The third-order valence-electron chi connectivity index (χ3n) is 5.55. The summed E-state index contributed by atoms with van der Waals surface area (Å²) >= 11 is 0. The molecule has 0 radical (unpaired) electrons. The highest BCUT2D eigenvalue weighted by Gasteiger charge is 2.29. The Bertz CT molecular complexity index is 1280. The summed E-state index contributed by atoms with van der Waals surface area (Å²) in [6.07, 6.45) is 6.98. The van der Waals surface area contributed by atoms with Crippen molar-refractivity contribution in [2.75, 3.05) is 5.73 Å². The van der Waals surface area contributed by atoms with Gasteiger partial charge in [0.25, 0.3) is 0 Å². The number of amides is 1. The second-order valence-corrected chi connectivity index (χ2v) is 7.28. The van der Waals surface area contributed by atoms with E-state index >= 15 is 0 Å². The van der Waals surface area contributed by atoms with Crippen LogP contribution in [0.15, 0.2) is 55.5 Å². The van der Waals surface area contributed by atoms with E-state index in [0.29, 0.717) is 12.2 Å². The van der Waals surface area contributed by atoms with Crippen LogP contribution in [0, 0.1) is 0 Å². The minimum atomic E-state index is -0.160. The second kappa shape index (κ2) is 6.70. The molecule has 3 aromatic heterocycles. The van der Waals surface area contributed by atoms with Crippen molar-refractivity contribution in [1.29, 1.82) is 0 Å². The van der Waals surface area contributed by atoms with Crippen LogP contribution in [0.2, 0.25) is 0 Å². The zero-order chi connectivity index (χ0) is 20.0. The number of aromatic nitrogens is 4. The number of benzene rings is 1. The van der Waals surface area contributed by atoms with E-state index in [1.54, 1.807) is 0 Å². The Morgan fingerprint density at radius 2 is 2.17 bits per heavy atom. The number of nitrogens with one attached hydrogen (secondary N) is 1. The van der Waals surface area contributed by atoms with Crippen LogP contribution in [0.25, 0.3) is 27.5 Å². The van der Waals surface area contributed by atoms with Crippen LogP contribution in [-0.4, -0.2) is 31.5 Å². The summed E-state index contributed by atoms with van der Waals surface area (Å²) in [4.78, 5) is 20.6. The number of fused-ring (bicyclic) bond motifs is 4. The standard InChI is InChI=1S/C22H20N6O/c1-2-19(29)27-15-7-8-16-18(10-15)28-21(22(23)25-12-26-28)20(16)14-9-13-5-3-4-6-17(13)24-11-14/h2-6,9,11-12,15H,1,7-8,10H2,(H,27,29)(H2,23,25,26)/t15-/m0/s1. The van der Waals surface area contributed by atoms with E-state index in [0.717, 1.165) is 46.1 Å². The van der Waals surface area contributed by atoms with Crippen LogP contribution in [0.4, 0.5) is 5.82 Å². The van der Waals surface area contributed by atoms with Gasteiger partial charge in [-0.2, -0.15) is 5.10 Å². The quantitative estimate of drug-likeness (QED) is 0.529. The maximum absolute atomic E-state index is 11.8. The number of nitrogen functional groups attached to an aromatic ring is 1. The first-order valence-corrected chi connectivity index (χ1v) is 9.56. The molecule has 29 heavy (non-hydrogen) atoms. The summed E-state index contributed by atoms with van der Waals surface area (Å²) in [6, 6.07) is 10.2. The van der Waals surface area contributed by atoms with Crippen LogP contribution < -0.4 is 11.1 Å². The summed E-state index contributed by atoms with van der Waals surface area (Å²) < 4.78 is 1.87. The van der Waals surface area contributed by atoms with Gasteiger partial charge < -0.3 is 11.1 Å². The summed E-state index contributed by atoms with van der Waals surface area (Å²) in [7, 11) is 0. The number of hydrogen-bond donors (Lipinski definition) is 2. The third kappa shape index (κ3) is 2.82. The van der Waals surface area contributed by atoms with Crippen LogP contribution in [0.3, 0.4) is 0 Å². The van der Waals surface area contributed by atoms with Crippen molar-refractivity contribution >= 4 is 28.1 Å². The number of para-hydroxylation sites is 1. The number of anilines is 1. The summed E-state index contributed by atoms with van der Waals surface area (Å²) in [5.74, 6) is 0.275. The molecule has 4 aromatic rings. The topological polar surface area (TPSA) is 98.2 Å². The molecule has 7 heteroatoms. The van der Waals surface area contributed by atoms with Gasteiger partial charge in [-0.3, -0.25) is 9.78 Å². The molecule has 5 rings (SSSR count). The Balaban J connectivity index is 1.70. The molecular formula is C22H20N6O. The average molecular weight is 384 g/mol. The molecule has 1 atom stereocenters. The molecule has 0 saturated carbocycles. The first kappa shape index (κ1) is 17.4. The summed E-state index contributed by atoms with van der Waals surface area (Å²) in [5, 5.41) is 8.54. The predicted molar refractivity (Wildman–Crippen MR) is 112 cm³/mol. The van der Waals surface area contributed by atoms with Crippen LogP contribution >= 0.6 is 0 Å². The summed E-state index contributed by atoms with van der Waals surface area (Å²) in [6.45, 7) is 3.54. The van der Waals surface area contributed by atoms with Crippen LogP contribution in [-0.2, 0) is 17.6 Å². The van der Waals surface area contributed by atoms with Gasteiger partial charge >= 0.3 is 0 Å². The fraction of sp³-hybridized carbons (Fsp3) is 0.182. The lowest BCUT2D eigenvalue weighted by molar-refractivity contribution is -0.117. The van der Waals surface area contributed by atoms with E-state index in [4.69, 9.17) is 5.73 Å². The van der Waals surface area contributed by atoms with Crippen molar-refractivity contribution in [3.05, 3.63) is 66.8 Å². The van der Waals surface area contributed by atoms with Crippen LogP contribution in [0.1, 0.15) is 17.7 Å². The molecule has 0 unspecified atom stereocenters. The Hall–Kier alpha value is -3.74. The maximum atomic E-state index is 11.8. The fourth-order valence-electron chi connectivity index (χ4n) is 4.26. The molecule has 3 N–H and O–H groups in total. The maximum Gasteiger partial charge on any atom is 0.243 e. The van der Waals surface area contributed by atoms with Gasteiger partial charge in [-0.15, -0.1) is 0 Å². The van der Waals surface area contributed by atoms with Crippen molar-refractivity contribution in [3.8, 4) is 11.1 Å². The molecule has 0 saturated heterocycles. The van der Waals surface area contributed by atoms with Gasteiger partial charge in [0.1, 0.15) is 11.8 Å². The van der Waals surface area contributed by atoms with Crippen molar-refractivity contribution < 1.29 is 4.79 Å². The van der Waals surface area contributed by atoms with Gasteiger partial charge in [0.2, 0.25) is 5.91 Å². The first-order chi connectivity index (χ1) is 14.2. The zero-order valence-electron chi connectivity index (χ0n) is 15.8. The van der Waals surface area contributed by atoms with Crippen molar-refractivity contribution in [3.63, 3.8) is 0 Å². The highest BCUT2D eigenvalue weighted by Crippen LogP contribution is 2.39. The van der Waals surface area contributed by atoms with E-state index in [2.05, 4.69) is 39.1 Å². The molecule has 3 heterocycles. The average Bonchev–Trinajstić information content (AvgIpc) is 3.08. The molecule has 1 amide bonds. The smallest absolute Gasteiger partial charge is 0.243 e. The van der Waals surface area contributed by atoms with Crippen molar-refractivity contribution in [1.82, 2.24) is 24.9 Å². The molecule has 1 aromatic carbocycles. The number of carbonyl (C=O) groups is 1. The molecule has 144 valence electrons. The lowest BCUT2D eigenvalue weighted by atomic mass is 9.89. The number of carbonyl (C=O) groups excluding carboxylic acids is 1. The minimum absolute atomic E-state index is 0.0323. The van der Waals surface area contributed by atoms with E-state index in [9.17, 15) is 4.79 Å². The molecule has 0 bridgehead atoms. The van der Waals surface area contributed by atoms with Crippen LogP contribution in [0.5, 0.6) is 0 Å². The Morgan fingerprint density at radius 1 is 1.31 bits per heavy atom. The minimum Gasteiger partial charge on any atom is -0.382 e. The van der Waals surface area contributed by atoms with Gasteiger partial charge in [0.15, 0.2) is 5.82 Å².